The molecule has 0 bridgehead atoms. The molecule has 1 aromatic carbocycles. The number of hydrogen-bond acceptors (Lipinski definition) is 3. The van der Waals surface area contributed by atoms with E-state index in [9.17, 15) is 0 Å². The molecule has 2 unspecified atom stereocenters. The van der Waals surface area contributed by atoms with E-state index in [-0.39, 0.29) is 6.04 Å². The van der Waals surface area contributed by atoms with Crippen LogP contribution in [0.15, 0.2) is 24.3 Å². The van der Waals surface area contributed by atoms with Gasteiger partial charge in [-0.05, 0) is 30.5 Å². The fourth-order valence-corrected chi connectivity index (χ4v) is 2.32. The van der Waals surface area contributed by atoms with E-state index in [1.165, 1.54) is 17.7 Å². The van der Waals surface area contributed by atoms with Crippen LogP contribution >= 0.6 is 0 Å². The van der Waals surface area contributed by atoms with Crippen LogP contribution in [-0.4, -0.2) is 27.3 Å². The molecule has 1 aliphatic heterocycles. The van der Waals surface area contributed by atoms with Crippen molar-refractivity contribution in [2.24, 2.45) is 11.7 Å². The van der Waals surface area contributed by atoms with Crippen molar-refractivity contribution in [3.63, 3.8) is 0 Å². The van der Waals surface area contributed by atoms with Crippen molar-refractivity contribution in [1.82, 2.24) is 0 Å². The quantitative estimate of drug-likeness (QED) is 0.871. The Kier molecular flexibility index (Phi) is 4.02. The van der Waals surface area contributed by atoms with Crippen molar-refractivity contribution in [2.45, 2.75) is 18.9 Å². The predicted molar refractivity (Wildman–Crippen MR) is 71.2 cm³/mol. The smallest absolute Gasteiger partial charge is 0.0512 e. The lowest BCUT2D eigenvalue weighted by Gasteiger charge is -2.28. The van der Waals surface area contributed by atoms with Gasteiger partial charge in [0.25, 0.3) is 0 Å². The summed E-state index contributed by atoms with van der Waals surface area (Å²) < 4.78 is 5.50. The lowest BCUT2D eigenvalue weighted by Crippen LogP contribution is -2.29. The van der Waals surface area contributed by atoms with Gasteiger partial charge in [0, 0.05) is 38.3 Å². The zero-order valence-electron chi connectivity index (χ0n) is 10.7. The average Bonchev–Trinajstić information content (AvgIpc) is 2.39. The number of nitrogens with two attached hydrogens (primary N) is 1. The highest BCUT2D eigenvalue weighted by atomic mass is 16.5. The van der Waals surface area contributed by atoms with Gasteiger partial charge >= 0.3 is 0 Å². The number of nitrogens with zero attached hydrogens (tertiary/aromatic N) is 1. The molecule has 3 nitrogen and oxygen atoms in total. The third-order valence-corrected chi connectivity index (χ3v) is 3.50. The second-order valence-corrected chi connectivity index (χ2v) is 4.99. The molecule has 1 fully saturated rings. The van der Waals surface area contributed by atoms with Crippen molar-refractivity contribution in [3.05, 3.63) is 29.8 Å². The van der Waals surface area contributed by atoms with Crippen molar-refractivity contribution < 1.29 is 4.74 Å². The second kappa shape index (κ2) is 5.52. The van der Waals surface area contributed by atoms with Crippen LogP contribution < -0.4 is 10.6 Å². The fraction of sp³-hybridized carbons (Fsp3) is 0.571. The zero-order valence-corrected chi connectivity index (χ0v) is 10.7. The van der Waals surface area contributed by atoms with Gasteiger partial charge in [-0.3, -0.25) is 0 Å². The Morgan fingerprint density at radius 3 is 2.53 bits per heavy atom. The molecular weight excluding hydrogens is 212 g/mol. The first kappa shape index (κ1) is 12.4. The van der Waals surface area contributed by atoms with Gasteiger partial charge in [0.1, 0.15) is 0 Å². The van der Waals surface area contributed by atoms with E-state index in [1.54, 1.807) is 0 Å². The molecule has 0 spiro atoms. The van der Waals surface area contributed by atoms with Crippen LogP contribution in [0.25, 0.3) is 0 Å². The van der Waals surface area contributed by atoms with E-state index >= 15 is 0 Å². The van der Waals surface area contributed by atoms with E-state index in [2.05, 4.69) is 29.2 Å². The molecule has 2 rings (SSSR count). The van der Waals surface area contributed by atoms with Gasteiger partial charge in [0.05, 0.1) is 6.61 Å². The summed E-state index contributed by atoms with van der Waals surface area (Å²) in [5.41, 5.74) is 8.73. The van der Waals surface area contributed by atoms with E-state index < -0.39 is 0 Å². The van der Waals surface area contributed by atoms with Crippen molar-refractivity contribution >= 4 is 5.69 Å². The highest BCUT2D eigenvalue weighted by Crippen LogP contribution is 2.27. The van der Waals surface area contributed by atoms with Crippen molar-refractivity contribution in [2.75, 3.05) is 32.2 Å². The number of benzene rings is 1. The summed E-state index contributed by atoms with van der Waals surface area (Å²) in [6.45, 7) is 1.69. The largest absolute Gasteiger partial charge is 0.381 e. The minimum Gasteiger partial charge on any atom is -0.381 e. The molecule has 1 aliphatic rings. The second-order valence-electron chi connectivity index (χ2n) is 4.99. The van der Waals surface area contributed by atoms with Crippen molar-refractivity contribution in [3.8, 4) is 0 Å². The van der Waals surface area contributed by atoms with Gasteiger partial charge in [0.15, 0.2) is 0 Å². The van der Waals surface area contributed by atoms with E-state index in [0.717, 1.165) is 19.6 Å². The number of hydrogen-bond donors (Lipinski definition) is 1. The van der Waals surface area contributed by atoms with Crippen LogP contribution in [0.2, 0.25) is 0 Å². The van der Waals surface area contributed by atoms with Crippen LogP contribution in [-0.2, 0) is 4.74 Å². The van der Waals surface area contributed by atoms with Crippen LogP contribution in [0.4, 0.5) is 5.69 Å². The van der Waals surface area contributed by atoms with Crippen LogP contribution in [0, 0.1) is 5.92 Å². The first-order valence-electron chi connectivity index (χ1n) is 6.29. The summed E-state index contributed by atoms with van der Waals surface area (Å²) >= 11 is 0. The standard InChI is InChI=1S/C14H22N2O/c1-16(2)13-7-5-11(6-8-13)14(15)12-4-3-9-17-10-12/h5-8,12,14H,3-4,9-10,15H2,1-2H3. The van der Waals surface area contributed by atoms with E-state index in [4.69, 9.17) is 10.5 Å². The molecule has 1 saturated heterocycles. The monoisotopic (exact) mass is 234 g/mol. The number of anilines is 1. The molecule has 2 N–H and O–H groups in total. The molecule has 0 aromatic heterocycles. The molecule has 94 valence electrons. The zero-order chi connectivity index (χ0) is 12.3. The number of ether oxygens (including phenoxy) is 1. The van der Waals surface area contributed by atoms with Gasteiger partial charge in [-0.2, -0.15) is 0 Å². The Morgan fingerprint density at radius 2 is 2.00 bits per heavy atom. The Morgan fingerprint density at radius 1 is 1.29 bits per heavy atom. The summed E-state index contributed by atoms with van der Waals surface area (Å²) in [6.07, 6.45) is 2.31. The first-order valence-corrected chi connectivity index (χ1v) is 6.29. The molecule has 2 atom stereocenters. The highest BCUT2D eigenvalue weighted by Gasteiger charge is 2.22. The maximum atomic E-state index is 6.30. The van der Waals surface area contributed by atoms with Crippen LogP contribution in [0.5, 0.6) is 0 Å². The summed E-state index contributed by atoms with van der Waals surface area (Å²) in [7, 11) is 4.09. The maximum Gasteiger partial charge on any atom is 0.0512 e. The molecule has 0 amide bonds. The van der Waals surface area contributed by atoms with E-state index in [0.29, 0.717) is 5.92 Å². The minimum absolute atomic E-state index is 0.103. The summed E-state index contributed by atoms with van der Waals surface area (Å²) in [4.78, 5) is 2.10. The van der Waals surface area contributed by atoms with Gasteiger partial charge in [-0.25, -0.2) is 0 Å². The molecule has 1 aromatic rings. The van der Waals surface area contributed by atoms with E-state index in [1.807, 2.05) is 14.1 Å². The first-order chi connectivity index (χ1) is 8.18. The van der Waals surface area contributed by atoms with Crippen LogP contribution in [0.1, 0.15) is 24.4 Å². The Bertz CT molecular complexity index is 342. The third-order valence-electron chi connectivity index (χ3n) is 3.50. The Hall–Kier alpha value is -1.06. The number of rotatable bonds is 3. The van der Waals surface area contributed by atoms with Gasteiger partial charge < -0.3 is 15.4 Å². The fourth-order valence-electron chi connectivity index (χ4n) is 2.32. The normalized spacial score (nSPS) is 22.2. The maximum absolute atomic E-state index is 6.30. The molecule has 0 aliphatic carbocycles. The average molecular weight is 234 g/mol. The minimum atomic E-state index is 0.103. The molecule has 0 saturated carbocycles. The summed E-state index contributed by atoms with van der Waals surface area (Å²) in [5, 5.41) is 0. The van der Waals surface area contributed by atoms with Gasteiger partial charge in [-0.15, -0.1) is 0 Å². The highest BCUT2D eigenvalue weighted by molar-refractivity contribution is 5.46. The molecule has 3 heteroatoms. The predicted octanol–water partition coefficient (Wildman–Crippen LogP) is 2.18. The molecular formula is C14H22N2O. The summed E-state index contributed by atoms with van der Waals surface area (Å²) in [6, 6.07) is 8.62. The van der Waals surface area contributed by atoms with Gasteiger partial charge in [0.2, 0.25) is 0 Å². The van der Waals surface area contributed by atoms with Gasteiger partial charge in [-0.1, -0.05) is 12.1 Å². The lowest BCUT2D eigenvalue weighted by atomic mass is 9.89. The molecule has 1 heterocycles. The molecule has 17 heavy (non-hydrogen) atoms. The van der Waals surface area contributed by atoms with Crippen molar-refractivity contribution in [1.29, 1.82) is 0 Å². The Labute approximate surface area is 104 Å². The third kappa shape index (κ3) is 2.99. The lowest BCUT2D eigenvalue weighted by molar-refractivity contribution is 0.0448. The molecule has 0 radical (unpaired) electrons. The Balaban J connectivity index is 2.05. The summed E-state index contributed by atoms with van der Waals surface area (Å²) in [5.74, 6) is 0.467. The SMILES string of the molecule is CN(C)c1ccc(C(N)C2CCCOC2)cc1. The topological polar surface area (TPSA) is 38.5 Å². The van der Waals surface area contributed by atoms with Crippen LogP contribution in [0.3, 0.4) is 0 Å².